The van der Waals surface area contributed by atoms with Gasteiger partial charge >= 0.3 is 5.97 Å². The number of carbonyl (C=O) groups excluding carboxylic acids is 2. The summed E-state index contributed by atoms with van der Waals surface area (Å²) in [6.45, 7) is 6.33. The van der Waals surface area contributed by atoms with E-state index in [1.807, 2.05) is 12.2 Å². The lowest BCUT2D eigenvalue weighted by Crippen LogP contribution is -2.46. The van der Waals surface area contributed by atoms with Gasteiger partial charge in [-0.1, -0.05) is 231 Å². The van der Waals surface area contributed by atoms with Gasteiger partial charge in [-0.2, -0.15) is 0 Å². The third-order valence-corrected chi connectivity index (χ3v) is 11.3. The van der Waals surface area contributed by atoms with Crippen molar-refractivity contribution in [2.24, 2.45) is 0 Å². The molecule has 0 aromatic rings. The molecule has 0 aromatic carbocycles. The van der Waals surface area contributed by atoms with Gasteiger partial charge in [0.05, 0.1) is 25.2 Å². The first-order chi connectivity index (χ1) is 28.0. The van der Waals surface area contributed by atoms with Gasteiger partial charge in [-0.05, 0) is 44.9 Å². The van der Waals surface area contributed by atoms with Crippen LogP contribution in [0.1, 0.15) is 252 Å². The van der Waals surface area contributed by atoms with E-state index >= 15 is 0 Å². The van der Waals surface area contributed by atoms with Crippen molar-refractivity contribution in [2.75, 3.05) is 6.61 Å². The molecule has 57 heavy (non-hydrogen) atoms. The maximum Gasteiger partial charge on any atom is 0.306 e. The molecule has 334 valence electrons. The summed E-state index contributed by atoms with van der Waals surface area (Å²) in [5.74, 6) is -0.504. The SMILES string of the molecule is CC/C=C/C=C/C=C\CCCCCC(CC(=O)NC(CO)C(O)CCCCCCCCCCCCCCCCCCC)OC(=O)CCCCCCCCCCCC. The Hall–Kier alpha value is -1.92. The highest BCUT2D eigenvalue weighted by Gasteiger charge is 2.24. The number of carbonyl (C=O) groups is 2. The molecule has 0 aliphatic rings. The minimum Gasteiger partial charge on any atom is -0.462 e. The average molecular weight is 802 g/mol. The van der Waals surface area contributed by atoms with Crippen molar-refractivity contribution < 1.29 is 24.5 Å². The molecule has 0 rings (SSSR count). The van der Waals surface area contributed by atoms with Crippen molar-refractivity contribution in [2.45, 2.75) is 270 Å². The number of ether oxygens (including phenoxy) is 1. The third kappa shape index (κ3) is 40.6. The smallest absolute Gasteiger partial charge is 0.306 e. The molecule has 0 radical (unpaired) electrons. The molecule has 0 spiro atoms. The number of esters is 1. The van der Waals surface area contributed by atoms with Gasteiger partial charge in [-0.15, -0.1) is 0 Å². The van der Waals surface area contributed by atoms with E-state index in [1.54, 1.807) is 0 Å². The summed E-state index contributed by atoms with van der Waals surface area (Å²) in [6, 6.07) is -0.708. The average Bonchev–Trinajstić information content (AvgIpc) is 3.20. The summed E-state index contributed by atoms with van der Waals surface area (Å²) < 4.78 is 5.88. The number of amides is 1. The monoisotopic (exact) mass is 802 g/mol. The van der Waals surface area contributed by atoms with Crippen molar-refractivity contribution in [1.29, 1.82) is 0 Å². The minimum absolute atomic E-state index is 0.0576. The van der Waals surface area contributed by atoms with Gasteiger partial charge in [-0.3, -0.25) is 9.59 Å². The molecule has 0 aromatic heterocycles. The summed E-state index contributed by atoms with van der Waals surface area (Å²) in [6.07, 6.45) is 52.1. The molecule has 0 bridgehead atoms. The Labute approximate surface area is 353 Å². The van der Waals surface area contributed by atoms with Crippen molar-refractivity contribution in [3.63, 3.8) is 0 Å². The van der Waals surface area contributed by atoms with Crippen LogP contribution in [0.3, 0.4) is 0 Å². The van der Waals surface area contributed by atoms with Gasteiger partial charge in [-0.25, -0.2) is 0 Å². The Balaban J connectivity index is 4.47. The molecule has 3 N–H and O–H groups in total. The number of allylic oxidation sites excluding steroid dienone is 6. The highest BCUT2D eigenvalue weighted by Crippen LogP contribution is 2.18. The number of hydrogen-bond donors (Lipinski definition) is 3. The summed E-state index contributed by atoms with van der Waals surface area (Å²) in [5.41, 5.74) is 0. The molecular formula is C51H95NO5. The molecule has 0 saturated carbocycles. The number of nitrogens with one attached hydrogen (secondary N) is 1. The van der Waals surface area contributed by atoms with Gasteiger partial charge in [0.2, 0.25) is 5.91 Å². The summed E-state index contributed by atoms with van der Waals surface area (Å²) in [5, 5.41) is 23.7. The topological polar surface area (TPSA) is 95.9 Å². The largest absolute Gasteiger partial charge is 0.462 e. The van der Waals surface area contributed by atoms with Crippen LogP contribution >= 0.6 is 0 Å². The first-order valence-corrected chi connectivity index (χ1v) is 24.7. The summed E-state index contributed by atoms with van der Waals surface area (Å²) >= 11 is 0. The molecule has 0 saturated heterocycles. The van der Waals surface area contributed by atoms with Crippen LogP contribution in [0.25, 0.3) is 0 Å². The van der Waals surface area contributed by atoms with Crippen LogP contribution < -0.4 is 5.32 Å². The van der Waals surface area contributed by atoms with Crippen LogP contribution in [0, 0.1) is 0 Å². The highest BCUT2D eigenvalue weighted by molar-refractivity contribution is 5.77. The maximum absolute atomic E-state index is 13.1. The molecule has 3 atom stereocenters. The molecular weight excluding hydrogens is 707 g/mol. The second kappa shape index (κ2) is 45.2. The molecule has 1 amide bonds. The second-order valence-corrected chi connectivity index (χ2v) is 16.9. The number of unbranched alkanes of at least 4 members (excludes halogenated alkanes) is 28. The zero-order valence-electron chi connectivity index (χ0n) is 38.0. The van der Waals surface area contributed by atoms with Gasteiger partial charge in [0.1, 0.15) is 6.10 Å². The van der Waals surface area contributed by atoms with Gasteiger partial charge < -0.3 is 20.3 Å². The third-order valence-electron chi connectivity index (χ3n) is 11.3. The van der Waals surface area contributed by atoms with Gasteiger partial charge in [0, 0.05) is 6.42 Å². The van der Waals surface area contributed by atoms with Gasteiger partial charge in [0.15, 0.2) is 0 Å². The molecule has 0 aliphatic carbocycles. The molecule has 6 heteroatoms. The molecule has 0 fully saturated rings. The fourth-order valence-electron chi connectivity index (χ4n) is 7.55. The number of aliphatic hydroxyl groups excluding tert-OH is 2. The predicted molar refractivity (Wildman–Crippen MR) is 246 cm³/mol. The second-order valence-electron chi connectivity index (χ2n) is 16.9. The van der Waals surface area contributed by atoms with Crippen molar-refractivity contribution in [3.05, 3.63) is 36.5 Å². The minimum atomic E-state index is -0.793. The quantitative estimate of drug-likeness (QED) is 0.0324. The Kier molecular flexibility index (Phi) is 43.6. The fourth-order valence-corrected chi connectivity index (χ4v) is 7.55. The number of aliphatic hydroxyl groups is 2. The van der Waals surface area contributed by atoms with E-state index in [0.29, 0.717) is 19.3 Å². The van der Waals surface area contributed by atoms with E-state index in [2.05, 4.69) is 50.4 Å². The summed E-state index contributed by atoms with van der Waals surface area (Å²) in [4.78, 5) is 26.0. The van der Waals surface area contributed by atoms with Crippen LogP contribution in [0.2, 0.25) is 0 Å². The maximum atomic E-state index is 13.1. The van der Waals surface area contributed by atoms with E-state index in [1.165, 1.54) is 135 Å². The first-order valence-electron chi connectivity index (χ1n) is 24.7. The summed E-state index contributed by atoms with van der Waals surface area (Å²) in [7, 11) is 0. The zero-order chi connectivity index (χ0) is 41.7. The van der Waals surface area contributed by atoms with Crippen LogP contribution in [-0.4, -0.2) is 46.9 Å². The van der Waals surface area contributed by atoms with E-state index in [-0.39, 0.29) is 24.9 Å². The Morgan fingerprint density at radius 3 is 1.42 bits per heavy atom. The lowest BCUT2D eigenvalue weighted by Gasteiger charge is -2.24. The van der Waals surface area contributed by atoms with E-state index < -0.39 is 18.2 Å². The van der Waals surface area contributed by atoms with Crippen molar-refractivity contribution >= 4 is 11.9 Å². The van der Waals surface area contributed by atoms with Crippen LogP contribution in [0.4, 0.5) is 0 Å². The Bertz CT molecular complexity index is 946. The molecule has 0 aliphatic heterocycles. The molecule has 3 unspecified atom stereocenters. The Morgan fingerprint density at radius 1 is 0.526 bits per heavy atom. The molecule has 0 heterocycles. The fraction of sp³-hybridized carbons (Fsp3) is 0.843. The zero-order valence-corrected chi connectivity index (χ0v) is 38.0. The van der Waals surface area contributed by atoms with E-state index in [9.17, 15) is 19.8 Å². The van der Waals surface area contributed by atoms with E-state index in [4.69, 9.17) is 4.74 Å². The van der Waals surface area contributed by atoms with E-state index in [0.717, 1.165) is 70.6 Å². The lowest BCUT2D eigenvalue weighted by molar-refractivity contribution is -0.151. The van der Waals surface area contributed by atoms with Crippen molar-refractivity contribution in [3.8, 4) is 0 Å². The predicted octanol–water partition coefficient (Wildman–Crippen LogP) is 14.5. The van der Waals surface area contributed by atoms with Crippen LogP contribution in [0.5, 0.6) is 0 Å². The molecule has 6 nitrogen and oxygen atoms in total. The van der Waals surface area contributed by atoms with Crippen molar-refractivity contribution in [1.82, 2.24) is 5.32 Å². The Morgan fingerprint density at radius 2 is 0.947 bits per heavy atom. The lowest BCUT2D eigenvalue weighted by atomic mass is 10.0. The van der Waals surface area contributed by atoms with Crippen LogP contribution in [-0.2, 0) is 14.3 Å². The normalized spacial score (nSPS) is 13.6. The first kappa shape index (κ1) is 55.1. The highest BCUT2D eigenvalue weighted by atomic mass is 16.5. The number of rotatable bonds is 44. The van der Waals surface area contributed by atoms with Crippen LogP contribution in [0.15, 0.2) is 36.5 Å². The standard InChI is InChI=1S/C51H95NO5/c1-4-7-10-13-16-19-22-23-24-25-26-27-29-31-34-37-40-43-49(54)48(46-53)52-50(55)45-47(42-39-36-33-30-28-20-17-14-11-8-5-2)57-51(56)44-41-38-35-32-21-18-15-12-9-6-3/h8,11,14,17,20,28,47-49,53-54H,4-7,9-10,12-13,15-16,18-19,21-27,29-46H2,1-3H3,(H,52,55)/b11-8+,17-14+,28-20-. The van der Waals surface area contributed by atoms with Gasteiger partial charge in [0.25, 0.3) is 0 Å². The number of hydrogen-bond acceptors (Lipinski definition) is 5.